The minimum atomic E-state index is -4.47. The van der Waals surface area contributed by atoms with E-state index in [1.54, 1.807) is 32.3 Å². The van der Waals surface area contributed by atoms with Gasteiger partial charge in [0.25, 0.3) is 0 Å². The highest BCUT2D eigenvalue weighted by atomic mass is 32.2. The number of rotatable bonds is 8. The predicted octanol–water partition coefficient (Wildman–Crippen LogP) is 2.79. The van der Waals surface area contributed by atoms with Gasteiger partial charge >= 0.3 is 16.1 Å². The number of aromatic nitrogens is 2. The van der Waals surface area contributed by atoms with E-state index < -0.39 is 33.8 Å². The van der Waals surface area contributed by atoms with Gasteiger partial charge in [-0.2, -0.15) is 13.1 Å². The summed E-state index contributed by atoms with van der Waals surface area (Å²) in [6.45, 7) is 5.07. The van der Waals surface area contributed by atoms with Crippen molar-refractivity contribution in [3.8, 4) is 5.75 Å². The van der Waals surface area contributed by atoms with Crippen molar-refractivity contribution < 1.29 is 21.4 Å². The molecule has 12 heteroatoms. The van der Waals surface area contributed by atoms with Gasteiger partial charge in [0.2, 0.25) is 5.89 Å². The van der Waals surface area contributed by atoms with Gasteiger partial charge in [0.15, 0.2) is 0 Å². The summed E-state index contributed by atoms with van der Waals surface area (Å²) < 4.78 is 52.2. The van der Waals surface area contributed by atoms with Crippen LogP contribution in [0.2, 0.25) is 0 Å². The van der Waals surface area contributed by atoms with Crippen LogP contribution < -0.4 is 20.1 Å². The highest BCUT2D eigenvalue weighted by Crippen LogP contribution is 2.35. The van der Waals surface area contributed by atoms with Crippen LogP contribution in [0.5, 0.6) is 5.75 Å². The average molecular weight is 451 g/mol. The summed E-state index contributed by atoms with van der Waals surface area (Å²) in [7, 11) is -4.47. The Morgan fingerprint density at radius 3 is 2.45 bits per heavy atom. The molecule has 10 nitrogen and oxygen atoms in total. The van der Waals surface area contributed by atoms with E-state index in [0.29, 0.717) is 5.56 Å². The fourth-order valence-corrected chi connectivity index (χ4v) is 4.18. The molecule has 1 aromatic heterocycles. The molecule has 0 amide bonds. The van der Waals surface area contributed by atoms with Crippen LogP contribution in [-0.2, 0) is 10.3 Å². The van der Waals surface area contributed by atoms with E-state index in [1.165, 1.54) is 30.3 Å². The molecule has 1 heterocycles. The molecular formula is C19H20FN4O6S-. The van der Waals surface area contributed by atoms with Gasteiger partial charge in [-0.25, -0.2) is 14.3 Å². The molecule has 166 valence electrons. The normalized spacial score (nSPS) is 13.6. The maximum Gasteiger partial charge on any atom is 0.434 e. The first-order valence-corrected chi connectivity index (χ1v) is 10.5. The standard InChI is InChI=1S/C19H20FN4O6S/c1-10-4-9-15(20)16(11(10)2)12(3)17(18-21-22-19(25)29-18)24-31(27,28)30-14-7-5-13(23-26)6-8-14/h4-9,12,17,23-24H,1-3H3,(H,22,25)/q-1/t12?,17-/m0/s1. The summed E-state index contributed by atoms with van der Waals surface area (Å²) in [5.41, 5.74) is 3.54. The zero-order valence-corrected chi connectivity index (χ0v) is 17.6. The summed E-state index contributed by atoms with van der Waals surface area (Å²) >= 11 is 0. The van der Waals surface area contributed by atoms with Gasteiger partial charge in [-0.15, -0.1) is 5.10 Å². The number of benzene rings is 2. The van der Waals surface area contributed by atoms with Crippen LogP contribution in [-0.4, -0.2) is 18.6 Å². The van der Waals surface area contributed by atoms with Gasteiger partial charge in [0, 0.05) is 11.6 Å². The lowest BCUT2D eigenvalue weighted by molar-refractivity contribution is 0.364. The molecule has 0 spiro atoms. The van der Waals surface area contributed by atoms with Gasteiger partial charge in [-0.1, -0.05) is 13.0 Å². The van der Waals surface area contributed by atoms with E-state index >= 15 is 0 Å². The van der Waals surface area contributed by atoms with Gasteiger partial charge in [0.1, 0.15) is 17.6 Å². The Labute approximate surface area is 177 Å². The molecule has 31 heavy (non-hydrogen) atoms. The molecule has 0 saturated heterocycles. The molecule has 3 N–H and O–H groups in total. The Kier molecular flexibility index (Phi) is 6.43. The van der Waals surface area contributed by atoms with Crippen LogP contribution in [0, 0.1) is 24.9 Å². The smallest absolute Gasteiger partial charge is 0.434 e. The number of nitrogens with one attached hydrogen (secondary N) is 3. The molecule has 2 atom stereocenters. The summed E-state index contributed by atoms with van der Waals surface area (Å²) in [5.74, 6) is -2.61. The van der Waals surface area contributed by atoms with E-state index in [9.17, 15) is 22.8 Å². The zero-order chi connectivity index (χ0) is 22.8. The second kappa shape index (κ2) is 8.88. The predicted molar refractivity (Wildman–Crippen MR) is 110 cm³/mol. The molecule has 0 aliphatic rings. The maximum absolute atomic E-state index is 14.7. The molecule has 2 aromatic carbocycles. The number of aromatic amines is 1. The largest absolute Gasteiger partial charge is 0.761 e. The van der Waals surface area contributed by atoms with Gasteiger partial charge < -0.3 is 19.3 Å². The van der Waals surface area contributed by atoms with E-state index in [2.05, 4.69) is 14.9 Å². The second-order valence-electron chi connectivity index (χ2n) is 6.90. The molecule has 0 fully saturated rings. The van der Waals surface area contributed by atoms with Crippen LogP contribution in [0.25, 0.3) is 0 Å². The molecule has 0 aliphatic carbocycles. The fraction of sp³-hybridized carbons (Fsp3) is 0.263. The van der Waals surface area contributed by atoms with E-state index in [4.69, 9.17) is 8.60 Å². The number of anilines is 1. The lowest BCUT2D eigenvalue weighted by Gasteiger charge is -2.24. The monoisotopic (exact) mass is 451 g/mol. The second-order valence-corrected chi connectivity index (χ2v) is 8.21. The number of nitrogens with zero attached hydrogens (tertiary/aromatic N) is 1. The Morgan fingerprint density at radius 2 is 1.87 bits per heavy atom. The van der Waals surface area contributed by atoms with Crippen molar-refractivity contribution in [1.82, 2.24) is 14.9 Å². The summed E-state index contributed by atoms with van der Waals surface area (Å²) in [4.78, 5) is 11.5. The van der Waals surface area contributed by atoms with Crippen molar-refractivity contribution >= 4 is 16.0 Å². The summed E-state index contributed by atoms with van der Waals surface area (Å²) in [6.07, 6.45) is 0. The van der Waals surface area contributed by atoms with Crippen molar-refractivity contribution in [1.29, 1.82) is 0 Å². The molecule has 1 unspecified atom stereocenters. The molecular weight excluding hydrogens is 431 g/mol. The third-order valence-electron chi connectivity index (χ3n) is 4.86. The minimum absolute atomic E-state index is 0.0701. The van der Waals surface area contributed by atoms with Crippen LogP contribution in [0.15, 0.2) is 45.6 Å². The molecule has 3 aromatic rings. The lowest BCUT2D eigenvalue weighted by atomic mass is 9.88. The van der Waals surface area contributed by atoms with Crippen LogP contribution in [0.1, 0.15) is 41.5 Å². The summed E-state index contributed by atoms with van der Waals surface area (Å²) in [6, 6.07) is 6.84. The van der Waals surface area contributed by atoms with Crippen LogP contribution in [0.4, 0.5) is 10.1 Å². The third kappa shape index (κ3) is 5.10. The highest BCUT2D eigenvalue weighted by molar-refractivity contribution is 7.85. The Balaban J connectivity index is 1.96. The fourth-order valence-electron chi connectivity index (χ4n) is 3.16. The average Bonchev–Trinajstić information content (AvgIpc) is 3.15. The Morgan fingerprint density at radius 1 is 1.19 bits per heavy atom. The van der Waals surface area contributed by atoms with E-state index in [-0.39, 0.29) is 22.9 Å². The van der Waals surface area contributed by atoms with Gasteiger partial charge in [-0.3, -0.25) is 0 Å². The highest BCUT2D eigenvalue weighted by Gasteiger charge is 2.33. The zero-order valence-electron chi connectivity index (χ0n) is 16.8. The molecule has 0 bridgehead atoms. The van der Waals surface area contributed by atoms with Crippen LogP contribution >= 0.6 is 0 Å². The first kappa shape index (κ1) is 22.5. The van der Waals surface area contributed by atoms with E-state index in [0.717, 1.165) is 5.56 Å². The van der Waals surface area contributed by atoms with Crippen molar-refractivity contribution in [3.05, 3.63) is 80.6 Å². The van der Waals surface area contributed by atoms with Gasteiger partial charge in [0.05, 0.1) is 0 Å². The Hall–Kier alpha value is -3.22. The SMILES string of the molecule is Cc1ccc(F)c(C(C)[C@H](NS(=O)(=O)Oc2ccc(N[O-])cc2)c2n[nH]c(=O)o2)c1C. The quantitative estimate of drug-likeness (QED) is 0.443. The number of hydrogen-bond acceptors (Lipinski definition) is 8. The topological polar surface area (TPSA) is 149 Å². The number of H-pyrrole nitrogens is 1. The first-order chi connectivity index (χ1) is 14.6. The Bertz CT molecular complexity index is 1220. The summed E-state index contributed by atoms with van der Waals surface area (Å²) in [5, 5.41) is 16.4. The molecule has 0 saturated carbocycles. The van der Waals surface area contributed by atoms with Crippen LogP contribution in [0.3, 0.4) is 0 Å². The third-order valence-corrected chi connectivity index (χ3v) is 5.81. The van der Waals surface area contributed by atoms with Crippen molar-refractivity contribution in [3.63, 3.8) is 0 Å². The molecule has 0 aliphatic heterocycles. The minimum Gasteiger partial charge on any atom is -0.761 e. The number of aryl methyl sites for hydroxylation is 1. The van der Waals surface area contributed by atoms with Crippen molar-refractivity contribution in [2.45, 2.75) is 32.7 Å². The van der Waals surface area contributed by atoms with Gasteiger partial charge in [-0.05, 0) is 60.9 Å². The number of halogens is 1. The first-order valence-electron chi connectivity index (χ1n) is 9.12. The molecule has 3 rings (SSSR count). The van der Waals surface area contributed by atoms with E-state index in [1.807, 2.05) is 0 Å². The lowest BCUT2D eigenvalue weighted by Crippen LogP contribution is -2.35. The van der Waals surface area contributed by atoms with Crippen molar-refractivity contribution in [2.75, 3.05) is 5.48 Å². The molecule has 0 radical (unpaired) electrons. The van der Waals surface area contributed by atoms with Crippen molar-refractivity contribution in [2.24, 2.45) is 0 Å². The maximum atomic E-state index is 14.7. The number of hydrogen-bond donors (Lipinski definition) is 3.